The Morgan fingerprint density at radius 3 is 2.31 bits per heavy atom. The van der Waals surface area contributed by atoms with Crippen LogP contribution in [0.15, 0.2) is 42.5 Å². The molecule has 26 heavy (non-hydrogen) atoms. The summed E-state index contributed by atoms with van der Waals surface area (Å²) in [5.41, 5.74) is 1.08. The molecule has 1 saturated heterocycles. The maximum absolute atomic E-state index is 12.7. The number of rotatable bonds is 4. The second-order valence-corrected chi connectivity index (χ2v) is 7.05. The fourth-order valence-corrected chi connectivity index (χ4v) is 3.56. The second-order valence-electron chi connectivity index (χ2n) is 6.26. The number of nitrogens with zero attached hydrogens (tertiary/aromatic N) is 1. The SMILES string of the molecule is COc1ccc(C(=O)C2CCN(C(=O)c3cccc(Cl)c3Cl)CC2)cc1. The van der Waals surface area contributed by atoms with Crippen LogP contribution in [-0.4, -0.2) is 36.8 Å². The summed E-state index contributed by atoms with van der Waals surface area (Å²) in [6.45, 7) is 1.04. The molecule has 0 bridgehead atoms. The molecule has 1 aliphatic rings. The van der Waals surface area contributed by atoms with Crippen LogP contribution in [0.2, 0.25) is 10.0 Å². The van der Waals surface area contributed by atoms with E-state index in [0.29, 0.717) is 42.1 Å². The van der Waals surface area contributed by atoms with Crippen LogP contribution in [0, 0.1) is 5.92 Å². The van der Waals surface area contributed by atoms with E-state index in [4.69, 9.17) is 27.9 Å². The summed E-state index contributed by atoms with van der Waals surface area (Å²) in [6, 6.07) is 12.2. The van der Waals surface area contributed by atoms with Crippen LogP contribution in [0.25, 0.3) is 0 Å². The molecule has 3 rings (SSSR count). The number of methoxy groups -OCH3 is 1. The van der Waals surface area contributed by atoms with E-state index >= 15 is 0 Å². The molecule has 0 N–H and O–H groups in total. The summed E-state index contributed by atoms with van der Waals surface area (Å²) in [5.74, 6) is 0.607. The largest absolute Gasteiger partial charge is 0.497 e. The lowest BCUT2D eigenvalue weighted by atomic mass is 9.88. The fourth-order valence-electron chi connectivity index (χ4n) is 3.18. The van der Waals surface area contributed by atoms with Crippen molar-refractivity contribution in [3.05, 3.63) is 63.6 Å². The molecule has 0 radical (unpaired) electrons. The predicted octanol–water partition coefficient (Wildman–Crippen LogP) is 4.74. The minimum Gasteiger partial charge on any atom is -0.497 e. The fraction of sp³-hybridized carbons (Fsp3) is 0.300. The van der Waals surface area contributed by atoms with Crippen molar-refractivity contribution in [3.63, 3.8) is 0 Å². The van der Waals surface area contributed by atoms with Gasteiger partial charge in [-0.15, -0.1) is 0 Å². The van der Waals surface area contributed by atoms with Gasteiger partial charge >= 0.3 is 0 Å². The first kappa shape index (κ1) is 18.7. The summed E-state index contributed by atoms with van der Waals surface area (Å²) in [4.78, 5) is 27.1. The Labute approximate surface area is 162 Å². The summed E-state index contributed by atoms with van der Waals surface area (Å²) in [7, 11) is 1.59. The van der Waals surface area contributed by atoms with Crippen LogP contribution in [0.5, 0.6) is 5.75 Å². The highest BCUT2D eigenvalue weighted by Gasteiger charge is 2.29. The number of piperidine rings is 1. The number of carbonyl (C=O) groups is 2. The van der Waals surface area contributed by atoms with Crippen molar-refractivity contribution < 1.29 is 14.3 Å². The van der Waals surface area contributed by atoms with Crippen LogP contribution < -0.4 is 4.74 Å². The molecule has 0 unspecified atom stereocenters. The standard InChI is InChI=1S/C20H19Cl2NO3/c1-26-15-7-5-13(6-8-15)19(24)14-9-11-23(12-10-14)20(25)16-3-2-4-17(21)18(16)22/h2-8,14H,9-12H2,1H3. The average Bonchev–Trinajstić information content (AvgIpc) is 2.69. The molecule has 1 fully saturated rings. The first-order valence-corrected chi connectivity index (χ1v) is 9.18. The zero-order valence-corrected chi connectivity index (χ0v) is 15.9. The normalized spacial score (nSPS) is 15.0. The molecule has 2 aromatic rings. The maximum Gasteiger partial charge on any atom is 0.255 e. The molecular formula is C20H19Cl2NO3. The number of halogens is 2. The van der Waals surface area contributed by atoms with E-state index in [1.54, 1.807) is 54.5 Å². The topological polar surface area (TPSA) is 46.6 Å². The maximum atomic E-state index is 12.7. The van der Waals surface area contributed by atoms with Crippen LogP contribution in [-0.2, 0) is 0 Å². The minimum atomic E-state index is -0.146. The van der Waals surface area contributed by atoms with Gasteiger partial charge in [0.2, 0.25) is 0 Å². The Bertz CT molecular complexity index is 812. The van der Waals surface area contributed by atoms with Gasteiger partial charge in [0.05, 0.1) is 22.7 Å². The Morgan fingerprint density at radius 1 is 1.04 bits per heavy atom. The molecular weight excluding hydrogens is 373 g/mol. The van der Waals surface area contributed by atoms with Crippen molar-refractivity contribution in [2.75, 3.05) is 20.2 Å². The third-order valence-corrected chi connectivity index (χ3v) is 5.53. The Kier molecular flexibility index (Phi) is 5.84. The summed E-state index contributed by atoms with van der Waals surface area (Å²) in [6.07, 6.45) is 1.27. The summed E-state index contributed by atoms with van der Waals surface area (Å²) in [5, 5.41) is 0.637. The molecule has 1 aliphatic heterocycles. The van der Waals surface area contributed by atoms with E-state index in [-0.39, 0.29) is 22.6 Å². The number of likely N-dealkylation sites (tertiary alicyclic amines) is 1. The van der Waals surface area contributed by atoms with Crippen molar-refractivity contribution in [1.82, 2.24) is 4.90 Å². The molecule has 136 valence electrons. The molecule has 4 nitrogen and oxygen atoms in total. The number of Topliss-reactive ketones (excluding diaryl/α,β-unsaturated/α-hetero) is 1. The first-order valence-electron chi connectivity index (χ1n) is 8.43. The van der Waals surface area contributed by atoms with Crippen LogP contribution in [0.4, 0.5) is 0 Å². The lowest BCUT2D eigenvalue weighted by molar-refractivity contribution is 0.0650. The first-order chi connectivity index (χ1) is 12.5. The van der Waals surface area contributed by atoms with Gasteiger partial charge < -0.3 is 9.64 Å². The Hall–Kier alpha value is -2.04. The molecule has 1 amide bonds. The summed E-state index contributed by atoms with van der Waals surface area (Å²) >= 11 is 12.1. The van der Waals surface area contributed by atoms with Gasteiger partial charge in [0.25, 0.3) is 5.91 Å². The van der Waals surface area contributed by atoms with Gasteiger partial charge in [0.1, 0.15) is 5.75 Å². The van der Waals surface area contributed by atoms with Crippen LogP contribution in [0.1, 0.15) is 33.6 Å². The number of hydrogen-bond acceptors (Lipinski definition) is 3. The number of hydrogen-bond donors (Lipinski definition) is 0. The van der Waals surface area contributed by atoms with E-state index in [1.807, 2.05) is 0 Å². The van der Waals surface area contributed by atoms with E-state index in [9.17, 15) is 9.59 Å². The molecule has 0 atom stereocenters. The van der Waals surface area contributed by atoms with E-state index in [0.717, 1.165) is 5.75 Å². The molecule has 0 aromatic heterocycles. The van der Waals surface area contributed by atoms with Gasteiger partial charge in [-0.05, 0) is 49.2 Å². The highest BCUT2D eigenvalue weighted by atomic mass is 35.5. The molecule has 2 aromatic carbocycles. The van der Waals surface area contributed by atoms with Gasteiger partial charge in [0.15, 0.2) is 5.78 Å². The van der Waals surface area contributed by atoms with Gasteiger partial charge in [-0.1, -0.05) is 29.3 Å². The third-order valence-electron chi connectivity index (χ3n) is 4.71. The van der Waals surface area contributed by atoms with Gasteiger partial charge in [0, 0.05) is 24.6 Å². The highest BCUT2D eigenvalue weighted by Crippen LogP contribution is 2.29. The minimum absolute atomic E-state index is 0.0812. The van der Waals surface area contributed by atoms with Crippen molar-refractivity contribution in [1.29, 1.82) is 0 Å². The van der Waals surface area contributed by atoms with E-state index in [2.05, 4.69) is 0 Å². The second kappa shape index (κ2) is 8.11. The zero-order valence-electron chi connectivity index (χ0n) is 14.4. The Morgan fingerprint density at radius 2 is 1.69 bits per heavy atom. The third kappa shape index (κ3) is 3.87. The van der Waals surface area contributed by atoms with Gasteiger partial charge in [-0.3, -0.25) is 9.59 Å². The average molecular weight is 392 g/mol. The summed E-state index contributed by atoms with van der Waals surface area (Å²) < 4.78 is 5.12. The number of ketones is 1. The van der Waals surface area contributed by atoms with Crippen molar-refractivity contribution in [2.45, 2.75) is 12.8 Å². The predicted molar refractivity (Wildman–Crippen MR) is 102 cm³/mol. The molecule has 6 heteroatoms. The van der Waals surface area contributed by atoms with Gasteiger partial charge in [-0.25, -0.2) is 0 Å². The number of benzene rings is 2. The number of carbonyl (C=O) groups excluding carboxylic acids is 2. The van der Waals surface area contributed by atoms with Crippen LogP contribution in [0.3, 0.4) is 0 Å². The van der Waals surface area contributed by atoms with Crippen molar-refractivity contribution in [2.24, 2.45) is 5.92 Å². The Balaban J connectivity index is 1.64. The van der Waals surface area contributed by atoms with Gasteiger partial charge in [-0.2, -0.15) is 0 Å². The molecule has 0 spiro atoms. The zero-order chi connectivity index (χ0) is 18.7. The lowest BCUT2D eigenvalue weighted by Crippen LogP contribution is -2.40. The monoisotopic (exact) mass is 391 g/mol. The van der Waals surface area contributed by atoms with E-state index in [1.165, 1.54) is 0 Å². The van der Waals surface area contributed by atoms with E-state index < -0.39 is 0 Å². The number of ether oxygens (including phenoxy) is 1. The van der Waals surface area contributed by atoms with Crippen molar-refractivity contribution in [3.8, 4) is 5.75 Å². The quantitative estimate of drug-likeness (QED) is 0.707. The molecule has 0 aliphatic carbocycles. The molecule has 0 saturated carbocycles. The lowest BCUT2D eigenvalue weighted by Gasteiger charge is -2.31. The van der Waals surface area contributed by atoms with Crippen LogP contribution >= 0.6 is 23.2 Å². The number of amides is 1. The highest BCUT2D eigenvalue weighted by molar-refractivity contribution is 6.43. The smallest absolute Gasteiger partial charge is 0.255 e. The van der Waals surface area contributed by atoms with Crippen molar-refractivity contribution >= 4 is 34.9 Å². The molecule has 1 heterocycles.